The Kier molecular flexibility index (Phi) is 3.78. The zero-order chi connectivity index (χ0) is 19.7. The van der Waals surface area contributed by atoms with Crippen LogP contribution in [0.25, 0.3) is 10.9 Å². The van der Waals surface area contributed by atoms with E-state index in [1.165, 1.54) is 10.8 Å². The van der Waals surface area contributed by atoms with Crippen molar-refractivity contribution in [2.75, 3.05) is 25.0 Å². The summed E-state index contributed by atoms with van der Waals surface area (Å²) in [4.78, 5) is 28.0. The Labute approximate surface area is 160 Å². The minimum atomic E-state index is -1.39. The quantitative estimate of drug-likeness (QED) is 0.874. The van der Waals surface area contributed by atoms with Crippen molar-refractivity contribution in [2.45, 2.75) is 43.8 Å². The second kappa shape index (κ2) is 6.01. The Morgan fingerprint density at radius 3 is 2.29 bits per heavy atom. The number of carboxylic acids is 1. The fourth-order valence-electron chi connectivity index (χ4n) is 4.81. The van der Waals surface area contributed by atoms with Gasteiger partial charge in [0.15, 0.2) is 5.82 Å². The minimum absolute atomic E-state index is 0.0141. The van der Waals surface area contributed by atoms with Gasteiger partial charge in [0.1, 0.15) is 17.1 Å². The van der Waals surface area contributed by atoms with Crippen LogP contribution in [0.1, 0.15) is 42.1 Å². The van der Waals surface area contributed by atoms with Gasteiger partial charge in [0.25, 0.3) is 0 Å². The van der Waals surface area contributed by atoms with E-state index >= 15 is 8.78 Å². The molecule has 3 heterocycles. The summed E-state index contributed by atoms with van der Waals surface area (Å²) < 4.78 is 32.2. The molecule has 2 saturated heterocycles. The van der Waals surface area contributed by atoms with Gasteiger partial charge in [0.05, 0.1) is 10.9 Å². The molecule has 2 aromatic rings. The van der Waals surface area contributed by atoms with Crippen LogP contribution in [0.5, 0.6) is 0 Å². The van der Waals surface area contributed by atoms with Crippen LogP contribution in [0.3, 0.4) is 0 Å². The maximum atomic E-state index is 15.6. The van der Waals surface area contributed by atoms with Crippen LogP contribution >= 0.6 is 0 Å². The molecular weight excluding hydrogens is 368 g/mol. The molecule has 1 aliphatic carbocycles. The topological polar surface area (TPSA) is 65.8 Å². The number of hydrogen-bond donors (Lipinski definition) is 1. The van der Waals surface area contributed by atoms with Gasteiger partial charge in [0, 0.05) is 37.4 Å². The lowest BCUT2D eigenvalue weighted by Crippen LogP contribution is -2.52. The molecule has 1 aromatic carbocycles. The Balaban J connectivity index is 1.72. The number of hydrogen-bond acceptors (Lipinski definition) is 4. The van der Waals surface area contributed by atoms with Gasteiger partial charge in [-0.25, -0.2) is 13.6 Å². The molecule has 2 aliphatic heterocycles. The van der Waals surface area contributed by atoms with Crippen molar-refractivity contribution in [3.63, 3.8) is 0 Å². The summed E-state index contributed by atoms with van der Waals surface area (Å²) in [6.45, 7) is 1.07. The third-order valence-corrected chi connectivity index (χ3v) is 6.52. The molecule has 148 valence electrons. The predicted octanol–water partition coefficient (Wildman–Crippen LogP) is 2.60. The number of carbonyl (C=O) groups is 1. The highest BCUT2D eigenvalue weighted by Crippen LogP contribution is 2.40. The van der Waals surface area contributed by atoms with Gasteiger partial charge in [-0.1, -0.05) is 0 Å². The smallest absolute Gasteiger partial charge is 0.341 e. The standard InChI is InChI=1S/C20H21F2N3O3/c1-23-11-4-5-12(23)8-24(7-11)18-15(21)6-13-17(16(18)22)25(10-2-3-10)9-14(19(13)26)20(27)28/h6,9-12H,2-5,7-8H2,1H3,(H,27,28)/t11-,12+. The number of fused-ring (bicyclic) bond motifs is 3. The number of rotatable bonds is 3. The highest BCUT2D eigenvalue weighted by Gasteiger charge is 2.40. The first-order chi connectivity index (χ1) is 13.4. The van der Waals surface area contributed by atoms with Crippen LogP contribution in [0.15, 0.2) is 17.1 Å². The van der Waals surface area contributed by atoms with E-state index in [0.29, 0.717) is 13.1 Å². The number of aromatic nitrogens is 1. The lowest BCUT2D eigenvalue weighted by atomic mass is 10.1. The monoisotopic (exact) mass is 389 g/mol. The lowest BCUT2D eigenvalue weighted by Gasteiger charge is -2.40. The largest absolute Gasteiger partial charge is 0.477 e. The van der Waals surface area contributed by atoms with Crippen LogP contribution in [-0.2, 0) is 0 Å². The summed E-state index contributed by atoms with van der Waals surface area (Å²) in [6, 6.07) is 1.47. The van der Waals surface area contributed by atoms with Crippen molar-refractivity contribution in [3.05, 3.63) is 39.7 Å². The molecule has 0 unspecified atom stereocenters. The van der Waals surface area contributed by atoms with Gasteiger partial charge in [-0.15, -0.1) is 0 Å². The molecule has 2 bridgehead atoms. The summed E-state index contributed by atoms with van der Waals surface area (Å²) in [6.07, 6.45) is 4.78. The van der Waals surface area contributed by atoms with Gasteiger partial charge in [-0.2, -0.15) is 0 Å². The van der Waals surface area contributed by atoms with E-state index in [-0.39, 0.29) is 34.7 Å². The molecular formula is C20H21F2N3O3. The number of piperazine rings is 1. The third-order valence-electron chi connectivity index (χ3n) is 6.52. The van der Waals surface area contributed by atoms with Crippen molar-refractivity contribution in [2.24, 2.45) is 0 Å². The first kappa shape index (κ1) is 17.6. The Hall–Kier alpha value is -2.48. The van der Waals surface area contributed by atoms with Crippen LogP contribution in [0.2, 0.25) is 0 Å². The van der Waals surface area contributed by atoms with Gasteiger partial charge in [0.2, 0.25) is 5.43 Å². The Morgan fingerprint density at radius 2 is 1.71 bits per heavy atom. The number of anilines is 1. The summed E-state index contributed by atoms with van der Waals surface area (Å²) in [7, 11) is 2.05. The molecule has 8 heteroatoms. The number of pyridine rings is 1. The maximum absolute atomic E-state index is 15.6. The molecule has 0 amide bonds. The molecule has 3 aliphatic rings. The predicted molar refractivity (Wildman–Crippen MR) is 100 cm³/mol. The number of aromatic carboxylic acids is 1. The van der Waals surface area contributed by atoms with Crippen LogP contribution < -0.4 is 10.3 Å². The van der Waals surface area contributed by atoms with E-state index in [9.17, 15) is 14.7 Å². The van der Waals surface area contributed by atoms with Gasteiger partial charge < -0.3 is 14.6 Å². The SMILES string of the molecule is CN1[C@@H]2CC[C@H]1CN(c1c(F)cc3c(=O)c(C(=O)O)cn(C4CC4)c3c1F)C2. The number of carboxylic acid groups (broad SMARTS) is 1. The molecule has 5 rings (SSSR count). The van der Waals surface area contributed by atoms with Crippen LogP contribution in [-0.4, -0.2) is 52.8 Å². The number of halogens is 2. The molecule has 28 heavy (non-hydrogen) atoms. The summed E-state index contributed by atoms with van der Waals surface area (Å²) >= 11 is 0. The van der Waals surface area contributed by atoms with Gasteiger partial charge in [-0.3, -0.25) is 9.69 Å². The summed E-state index contributed by atoms with van der Waals surface area (Å²) in [5, 5.41) is 9.12. The highest BCUT2D eigenvalue weighted by atomic mass is 19.1. The molecule has 6 nitrogen and oxygen atoms in total. The van der Waals surface area contributed by atoms with E-state index in [4.69, 9.17) is 0 Å². The van der Waals surface area contributed by atoms with E-state index in [1.54, 1.807) is 4.90 Å². The average molecular weight is 389 g/mol. The molecule has 0 radical (unpaired) electrons. The zero-order valence-corrected chi connectivity index (χ0v) is 15.5. The first-order valence-corrected chi connectivity index (χ1v) is 9.64. The van der Waals surface area contributed by atoms with E-state index < -0.39 is 28.6 Å². The van der Waals surface area contributed by atoms with E-state index in [2.05, 4.69) is 4.90 Å². The lowest BCUT2D eigenvalue weighted by molar-refractivity contribution is 0.0695. The summed E-state index contributed by atoms with van der Waals surface area (Å²) in [5.74, 6) is -2.96. The molecule has 1 aromatic heterocycles. The average Bonchev–Trinajstić information content (AvgIpc) is 3.44. The number of likely N-dealkylation sites (N-methyl/N-ethyl adjacent to an activating group) is 1. The van der Waals surface area contributed by atoms with Gasteiger partial charge in [-0.05, 0) is 38.8 Å². The van der Waals surface area contributed by atoms with Crippen molar-refractivity contribution in [1.82, 2.24) is 9.47 Å². The zero-order valence-electron chi connectivity index (χ0n) is 15.5. The molecule has 0 spiro atoms. The highest BCUT2D eigenvalue weighted by molar-refractivity contribution is 5.94. The van der Waals surface area contributed by atoms with Crippen LogP contribution in [0, 0.1) is 11.6 Å². The number of nitrogens with zero attached hydrogens (tertiary/aromatic N) is 3. The van der Waals surface area contributed by atoms with Crippen LogP contribution in [0.4, 0.5) is 14.5 Å². The first-order valence-electron chi connectivity index (χ1n) is 9.64. The van der Waals surface area contributed by atoms with Gasteiger partial charge >= 0.3 is 5.97 Å². The maximum Gasteiger partial charge on any atom is 0.341 e. The van der Waals surface area contributed by atoms with Crippen molar-refractivity contribution < 1.29 is 18.7 Å². The van der Waals surface area contributed by atoms with E-state index in [0.717, 1.165) is 31.7 Å². The Bertz CT molecular complexity index is 1050. The normalized spacial score (nSPS) is 24.9. The summed E-state index contributed by atoms with van der Waals surface area (Å²) in [5.41, 5.74) is -1.39. The fraction of sp³-hybridized carbons (Fsp3) is 0.500. The third kappa shape index (κ3) is 2.47. The second-order valence-electron chi connectivity index (χ2n) is 8.19. The van der Waals surface area contributed by atoms with Crippen molar-refractivity contribution >= 4 is 22.6 Å². The van der Waals surface area contributed by atoms with Crippen molar-refractivity contribution in [3.8, 4) is 0 Å². The minimum Gasteiger partial charge on any atom is -0.477 e. The second-order valence-corrected chi connectivity index (χ2v) is 8.19. The van der Waals surface area contributed by atoms with Crippen molar-refractivity contribution in [1.29, 1.82) is 0 Å². The van der Waals surface area contributed by atoms with E-state index in [1.807, 2.05) is 7.05 Å². The number of benzene rings is 1. The molecule has 1 N–H and O–H groups in total. The molecule has 1 saturated carbocycles. The fourth-order valence-corrected chi connectivity index (χ4v) is 4.81. The Morgan fingerprint density at radius 1 is 1.11 bits per heavy atom. The molecule has 3 fully saturated rings. The molecule has 2 atom stereocenters.